The summed E-state index contributed by atoms with van der Waals surface area (Å²) in [6, 6.07) is -0.729. The molecule has 0 aromatic rings. The lowest BCUT2D eigenvalue weighted by Crippen LogP contribution is -2.46. The molecule has 0 aromatic heterocycles. The molecule has 4 nitrogen and oxygen atoms in total. The molecule has 98 valence electrons. The van der Waals surface area contributed by atoms with Crippen molar-refractivity contribution < 1.29 is 4.79 Å². The van der Waals surface area contributed by atoms with Crippen molar-refractivity contribution in [2.75, 3.05) is 0 Å². The van der Waals surface area contributed by atoms with E-state index in [-0.39, 0.29) is 12.2 Å². The number of carbonyl (C=O) groups excluding carboxylic acids is 1. The third-order valence-electron chi connectivity index (χ3n) is 2.66. The molecule has 2 unspecified atom stereocenters. The molecule has 2 rings (SSSR count). The van der Waals surface area contributed by atoms with Crippen molar-refractivity contribution in [3.05, 3.63) is 24.3 Å². The molecule has 18 heavy (non-hydrogen) atoms. The number of carbonyl (C=O) groups is 1. The van der Waals surface area contributed by atoms with Crippen molar-refractivity contribution in [2.45, 2.75) is 23.0 Å². The number of halogens is 3. The van der Waals surface area contributed by atoms with Crippen LogP contribution in [-0.2, 0) is 0 Å². The van der Waals surface area contributed by atoms with Gasteiger partial charge in [-0.1, -0.05) is 65.2 Å². The monoisotopic (exact) mass is 325 g/mol. The number of alkyl halides is 3. The Labute approximate surface area is 125 Å². The van der Waals surface area contributed by atoms with E-state index in [2.05, 4.69) is 5.43 Å². The van der Waals surface area contributed by atoms with Crippen LogP contribution in [0.1, 0.15) is 6.92 Å². The molecule has 1 aliphatic heterocycles. The highest BCUT2D eigenvalue weighted by Crippen LogP contribution is 2.34. The van der Waals surface area contributed by atoms with E-state index in [1.807, 2.05) is 18.2 Å². The first-order valence-electron chi connectivity index (χ1n) is 5.16. The zero-order valence-electron chi connectivity index (χ0n) is 9.31. The van der Waals surface area contributed by atoms with E-state index >= 15 is 0 Å². The van der Waals surface area contributed by atoms with Gasteiger partial charge in [0, 0.05) is 4.86 Å². The van der Waals surface area contributed by atoms with Crippen molar-refractivity contribution in [3.8, 4) is 0 Å². The molecule has 0 radical (unpaired) electrons. The van der Waals surface area contributed by atoms with Gasteiger partial charge in [-0.2, -0.15) is 0 Å². The van der Waals surface area contributed by atoms with Gasteiger partial charge in [-0.25, -0.2) is 15.2 Å². The maximum atomic E-state index is 12.2. The van der Waals surface area contributed by atoms with Crippen LogP contribution in [-0.4, -0.2) is 36.9 Å². The van der Waals surface area contributed by atoms with Crippen LogP contribution in [0.15, 0.2) is 24.3 Å². The van der Waals surface area contributed by atoms with E-state index in [0.717, 1.165) is 5.01 Å². The van der Waals surface area contributed by atoms with E-state index in [1.165, 1.54) is 4.90 Å². The largest absolute Gasteiger partial charge is 0.340 e. The summed E-state index contributed by atoms with van der Waals surface area (Å²) in [5.41, 5.74) is 2.81. The summed E-state index contributed by atoms with van der Waals surface area (Å²) in [5.74, 6) is 0. The number of thiocarbonyl (C=S) groups is 1. The summed E-state index contributed by atoms with van der Waals surface area (Å²) in [6.45, 7) is 1.79. The second-order valence-corrected chi connectivity index (χ2v) is 6.58. The molecule has 0 saturated carbocycles. The fraction of sp³-hybridized carbons (Fsp3) is 0.400. The Kier molecular flexibility index (Phi) is 3.90. The van der Waals surface area contributed by atoms with Crippen molar-refractivity contribution in [2.24, 2.45) is 0 Å². The van der Waals surface area contributed by atoms with Crippen LogP contribution < -0.4 is 5.43 Å². The fourth-order valence-corrected chi connectivity index (χ4v) is 2.50. The smallest absolute Gasteiger partial charge is 0.295 e. The molecule has 1 aliphatic carbocycles. The summed E-state index contributed by atoms with van der Waals surface area (Å²) in [5, 5.41) is 0.969. The lowest BCUT2D eigenvalue weighted by Gasteiger charge is -2.28. The van der Waals surface area contributed by atoms with E-state index in [9.17, 15) is 4.79 Å². The number of nitrogens with zero attached hydrogens (tertiary/aromatic N) is 2. The summed E-state index contributed by atoms with van der Waals surface area (Å²) >= 11 is 22.4. The van der Waals surface area contributed by atoms with Crippen LogP contribution in [0.3, 0.4) is 0 Å². The Bertz CT molecular complexity index is 446. The minimum absolute atomic E-state index is 0.308. The average Bonchev–Trinajstić information content (AvgIpc) is 2.55. The number of hydrazine groups is 1. The minimum atomic E-state index is -1.84. The number of nitrogens with one attached hydrogen (secondary N) is 1. The predicted molar refractivity (Wildman–Crippen MR) is 76.6 cm³/mol. The van der Waals surface area contributed by atoms with Crippen molar-refractivity contribution >= 4 is 57.9 Å². The summed E-state index contributed by atoms with van der Waals surface area (Å²) in [7, 11) is 0. The number of amides is 2. The van der Waals surface area contributed by atoms with Gasteiger partial charge in [0.15, 0.2) is 0 Å². The lowest BCUT2D eigenvalue weighted by atomic mass is 10.1. The molecular weight excluding hydrogens is 317 g/mol. The first-order valence-corrected chi connectivity index (χ1v) is 6.70. The minimum Gasteiger partial charge on any atom is -0.295 e. The number of rotatable bonds is 1. The molecule has 1 heterocycles. The SMILES string of the molecule is CC1NN(C(Cl)(Cl)Cl)C(=O)N1C1C=CC=CC1=S. The van der Waals surface area contributed by atoms with Crippen molar-refractivity contribution in [1.29, 1.82) is 0 Å². The lowest BCUT2D eigenvalue weighted by molar-refractivity contribution is 0.183. The van der Waals surface area contributed by atoms with Gasteiger partial charge in [-0.05, 0) is 13.0 Å². The van der Waals surface area contributed by atoms with Gasteiger partial charge >= 0.3 is 6.03 Å². The second kappa shape index (κ2) is 4.98. The van der Waals surface area contributed by atoms with Crippen LogP contribution in [0.4, 0.5) is 4.79 Å². The second-order valence-electron chi connectivity index (χ2n) is 3.89. The number of urea groups is 1. The highest BCUT2D eigenvalue weighted by Gasteiger charge is 2.47. The molecule has 0 spiro atoms. The first kappa shape index (κ1) is 14.1. The first-order chi connectivity index (χ1) is 8.32. The molecule has 1 N–H and O–H groups in total. The zero-order chi connectivity index (χ0) is 13.5. The average molecular weight is 327 g/mol. The normalized spacial score (nSPS) is 28.4. The van der Waals surface area contributed by atoms with Crippen molar-refractivity contribution in [1.82, 2.24) is 15.3 Å². The molecule has 0 bridgehead atoms. The fourth-order valence-electron chi connectivity index (χ4n) is 1.87. The summed E-state index contributed by atoms with van der Waals surface area (Å²) in [6.07, 6.45) is 6.95. The molecule has 2 aliphatic rings. The number of hydrogen-bond acceptors (Lipinski definition) is 3. The van der Waals surface area contributed by atoms with E-state index in [1.54, 1.807) is 13.0 Å². The van der Waals surface area contributed by atoms with Crippen LogP contribution >= 0.6 is 47.0 Å². The third-order valence-corrected chi connectivity index (χ3v) is 3.54. The van der Waals surface area contributed by atoms with Gasteiger partial charge in [0.1, 0.15) is 0 Å². The predicted octanol–water partition coefficient (Wildman–Crippen LogP) is 2.77. The van der Waals surface area contributed by atoms with Gasteiger partial charge < -0.3 is 0 Å². The third kappa shape index (κ3) is 2.51. The van der Waals surface area contributed by atoms with Gasteiger partial charge in [0.25, 0.3) is 3.92 Å². The van der Waals surface area contributed by atoms with Gasteiger partial charge in [-0.3, -0.25) is 4.90 Å². The number of allylic oxidation sites excluding steroid dienone is 2. The van der Waals surface area contributed by atoms with E-state index < -0.39 is 9.95 Å². The standard InChI is InChI=1S/C10H10Cl3N3OS/c1-6-14-16(10(11,12)13)9(17)15(6)7-4-2-3-5-8(7)18/h2-7,14H,1H3. The topological polar surface area (TPSA) is 35.6 Å². The summed E-state index contributed by atoms with van der Waals surface area (Å²) in [4.78, 5) is 14.4. The molecule has 1 saturated heterocycles. The Balaban J connectivity index is 2.25. The maximum Gasteiger partial charge on any atom is 0.340 e. The Morgan fingerprint density at radius 1 is 1.39 bits per heavy atom. The van der Waals surface area contributed by atoms with E-state index in [4.69, 9.17) is 47.0 Å². The summed E-state index contributed by atoms with van der Waals surface area (Å²) < 4.78 is -1.84. The van der Waals surface area contributed by atoms with Crippen LogP contribution in [0, 0.1) is 0 Å². The van der Waals surface area contributed by atoms with Crippen molar-refractivity contribution in [3.63, 3.8) is 0 Å². The van der Waals surface area contributed by atoms with Gasteiger partial charge in [0.05, 0.1) is 12.2 Å². The molecule has 1 fully saturated rings. The number of hydrogen-bond donors (Lipinski definition) is 1. The van der Waals surface area contributed by atoms with Crippen LogP contribution in [0.25, 0.3) is 0 Å². The quantitative estimate of drug-likeness (QED) is 0.457. The molecule has 2 atom stereocenters. The molecule has 8 heteroatoms. The van der Waals surface area contributed by atoms with Crippen LogP contribution in [0.2, 0.25) is 0 Å². The Hall–Kier alpha value is -0.330. The zero-order valence-corrected chi connectivity index (χ0v) is 12.4. The molecule has 2 amide bonds. The van der Waals surface area contributed by atoms with Gasteiger partial charge in [0.2, 0.25) is 0 Å². The van der Waals surface area contributed by atoms with E-state index in [0.29, 0.717) is 4.86 Å². The van der Waals surface area contributed by atoms with Crippen LogP contribution in [0.5, 0.6) is 0 Å². The van der Waals surface area contributed by atoms with Gasteiger partial charge in [-0.15, -0.1) is 0 Å². The molecule has 0 aromatic carbocycles. The maximum absolute atomic E-state index is 12.2. The molecular formula is C10H10Cl3N3OS. The highest BCUT2D eigenvalue weighted by atomic mass is 35.6. The Morgan fingerprint density at radius 2 is 2.06 bits per heavy atom. The highest BCUT2D eigenvalue weighted by molar-refractivity contribution is 7.80. The Morgan fingerprint density at radius 3 is 2.56 bits per heavy atom.